The molecule has 0 saturated carbocycles. The first-order valence-electron chi connectivity index (χ1n) is 8.84. The van der Waals surface area contributed by atoms with E-state index < -0.39 is 0 Å². The molecular formula is C22H17ClN2O2S. The van der Waals surface area contributed by atoms with E-state index in [0.717, 1.165) is 20.8 Å². The molecule has 4 rings (SSSR count). The molecule has 0 radical (unpaired) electrons. The number of amides is 1. The van der Waals surface area contributed by atoms with Gasteiger partial charge in [-0.15, -0.1) is 11.3 Å². The monoisotopic (exact) mass is 408 g/mol. The van der Waals surface area contributed by atoms with Crippen LogP contribution in [-0.2, 0) is 0 Å². The van der Waals surface area contributed by atoms with Crippen molar-refractivity contribution in [1.82, 2.24) is 4.98 Å². The second kappa shape index (κ2) is 8.00. The SMILES string of the molecule is CCOc1ccc(C(=O)Nc2ccc(-c3nc4ccccc4s3)cc2)cc1Cl. The number of rotatable bonds is 5. The van der Waals surface area contributed by atoms with Gasteiger partial charge in [0.2, 0.25) is 0 Å². The van der Waals surface area contributed by atoms with Crippen molar-refractivity contribution in [3.63, 3.8) is 0 Å². The minimum atomic E-state index is -0.224. The fourth-order valence-electron chi connectivity index (χ4n) is 2.81. The predicted octanol–water partition coefficient (Wildman–Crippen LogP) is 6.27. The van der Waals surface area contributed by atoms with E-state index in [2.05, 4.69) is 16.4 Å². The highest BCUT2D eigenvalue weighted by atomic mass is 35.5. The van der Waals surface area contributed by atoms with Gasteiger partial charge in [-0.1, -0.05) is 23.7 Å². The number of thiazole rings is 1. The van der Waals surface area contributed by atoms with E-state index in [1.54, 1.807) is 29.5 Å². The third kappa shape index (κ3) is 3.86. The Morgan fingerprint density at radius 2 is 1.89 bits per heavy atom. The van der Waals surface area contributed by atoms with E-state index in [4.69, 9.17) is 16.3 Å². The third-order valence-electron chi connectivity index (χ3n) is 4.18. The molecule has 140 valence electrons. The maximum atomic E-state index is 12.5. The second-order valence-corrected chi connectivity index (χ2v) is 7.53. The standard InChI is InChI=1S/C22H17ClN2O2S/c1-2-27-19-12-9-15(13-17(19)23)21(26)24-16-10-7-14(8-11-16)22-25-18-5-3-4-6-20(18)28-22/h3-13H,2H2,1H3,(H,24,26). The van der Waals surface area contributed by atoms with Crippen molar-refractivity contribution in [3.05, 3.63) is 77.3 Å². The fraction of sp³-hybridized carbons (Fsp3) is 0.0909. The number of halogens is 1. The molecule has 6 heteroatoms. The molecule has 1 N–H and O–H groups in total. The number of fused-ring (bicyclic) bond motifs is 1. The zero-order chi connectivity index (χ0) is 19.5. The van der Waals surface area contributed by atoms with Crippen molar-refractivity contribution in [2.75, 3.05) is 11.9 Å². The Balaban J connectivity index is 1.49. The van der Waals surface area contributed by atoms with E-state index in [1.165, 1.54) is 0 Å². The number of ether oxygens (including phenoxy) is 1. The largest absolute Gasteiger partial charge is 0.492 e. The zero-order valence-electron chi connectivity index (χ0n) is 15.1. The number of anilines is 1. The van der Waals surface area contributed by atoms with E-state index >= 15 is 0 Å². The molecule has 0 aliphatic rings. The molecule has 0 bridgehead atoms. The minimum absolute atomic E-state index is 0.224. The number of nitrogens with one attached hydrogen (secondary N) is 1. The Morgan fingerprint density at radius 3 is 2.61 bits per heavy atom. The third-order valence-corrected chi connectivity index (χ3v) is 5.56. The number of aromatic nitrogens is 1. The summed E-state index contributed by atoms with van der Waals surface area (Å²) < 4.78 is 6.55. The number of nitrogens with zero attached hydrogens (tertiary/aromatic N) is 1. The van der Waals surface area contributed by atoms with Crippen LogP contribution in [0.4, 0.5) is 5.69 Å². The van der Waals surface area contributed by atoms with Crippen LogP contribution in [0.1, 0.15) is 17.3 Å². The summed E-state index contributed by atoms with van der Waals surface area (Å²) in [6.07, 6.45) is 0. The van der Waals surface area contributed by atoms with Crippen LogP contribution in [0.2, 0.25) is 5.02 Å². The lowest BCUT2D eigenvalue weighted by atomic mass is 10.1. The van der Waals surface area contributed by atoms with E-state index in [9.17, 15) is 4.79 Å². The first-order chi connectivity index (χ1) is 13.6. The minimum Gasteiger partial charge on any atom is -0.492 e. The summed E-state index contributed by atoms with van der Waals surface area (Å²) >= 11 is 7.82. The van der Waals surface area contributed by atoms with Gasteiger partial charge in [0.25, 0.3) is 5.91 Å². The summed E-state index contributed by atoms with van der Waals surface area (Å²) in [5.74, 6) is 0.346. The molecule has 1 amide bonds. The highest BCUT2D eigenvalue weighted by molar-refractivity contribution is 7.21. The van der Waals surface area contributed by atoms with Crippen LogP contribution in [0.15, 0.2) is 66.7 Å². The van der Waals surface area contributed by atoms with E-state index in [-0.39, 0.29) is 5.91 Å². The average molecular weight is 409 g/mol. The molecule has 0 fully saturated rings. The van der Waals surface area contributed by atoms with Crippen molar-refractivity contribution in [2.45, 2.75) is 6.92 Å². The summed E-state index contributed by atoms with van der Waals surface area (Å²) in [6, 6.07) is 20.7. The van der Waals surface area contributed by atoms with Gasteiger partial charge >= 0.3 is 0 Å². The maximum Gasteiger partial charge on any atom is 0.255 e. The normalized spacial score (nSPS) is 10.8. The van der Waals surface area contributed by atoms with Crippen LogP contribution in [0.25, 0.3) is 20.8 Å². The van der Waals surface area contributed by atoms with Crippen molar-refractivity contribution < 1.29 is 9.53 Å². The number of carbonyl (C=O) groups is 1. The second-order valence-electron chi connectivity index (χ2n) is 6.10. The molecule has 4 nitrogen and oxygen atoms in total. The highest BCUT2D eigenvalue weighted by Gasteiger charge is 2.11. The maximum absolute atomic E-state index is 12.5. The Morgan fingerprint density at radius 1 is 1.11 bits per heavy atom. The smallest absolute Gasteiger partial charge is 0.255 e. The van der Waals surface area contributed by atoms with Gasteiger partial charge in [-0.05, 0) is 61.5 Å². The van der Waals surface area contributed by atoms with Gasteiger partial charge in [0.1, 0.15) is 10.8 Å². The zero-order valence-corrected chi connectivity index (χ0v) is 16.7. The van der Waals surface area contributed by atoms with Gasteiger partial charge in [0.05, 0.1) is 21.8 Å². The first kappa shape index (κ1) is 18.5. The molecule has 28 heavy (non-hydrogen) atoms. The van der Waals surface area contributed by atoms with Gasteiger partial charge in [-0.3, -0.25) is 4.79 Å². The molecule has 1 heterocycles. The number of hydrogen-bond donors (Lipinski definition) is 1. The summed E-state index contributed by atoms with van der Waals surface area (Å²) in [5.41, 5.74) is 3.19. The van der Waals surface area contributed by atoms with Crippen LogP contribution < -0.4 is 10.1 Å². The number of benzene rings is 3. The molecule has 1 aromatic heterocycles. The quantitative estimate of drug-likeness (QED) is 0.423. The average Bonchev–Trinajstić information content (AvgIpc) is 3.14. The van der Waals surface area contributed by atoms with Crippen molar-refractivity contribution in [1.29, 1.82) is 0 Å². The van der Waals surface area contributed by atoms with Crippen LogP contribution in [-0.4, -0.2) is 17.5 Å². The highest BCUT2D eigenvalue weighted by Crippen LogP contribution is 2.31. The van der Waals surface area contributed by atoms with Gasteiger partial charge in [0.15, 0.2) is 0 Å². The Bertz CT molecular complexity index is 1110. The predicted molar refractivity (Wildman–Crippen MR) is 116 cm³/mol. The van der Waals surface area contributed by atoms with Gasteiger partial charge in [-0.2, -0.15) is 0 Å². The van der Waals surface area contributed by atoms with Crippen LogP contribution in [0.5, 0.6) is 5.75 Å². The Labute approximate surface area is 171 Å². The van der Waals surface area contributed by atoms with Gasteiger partial charge in [0, 0.05) is 16.8 Å². The fourth-order valence-corrected chi connectivity index (χ4v) is 4.02. The number of carbonyl (C=O) groups excluding carboxylic acids is 1. The number of hydrogen-bond acceptors (Lipinski definition) is 4. The van der Waals surface area contributed by atoms with Crippen LogP contribution in [0.3, 0.4) is 0 Å². The molecule has 0 saturated heterocycles. The van der Waals surface area contributed by atoms with Crippen molar-refractivity contribution in [3.8, 4) is 16.3 Å². The van der Waals surface area contributed by atoms with E-state index in [1.807, 2.05) is 49.4 Å². The lowest BCUT2D eigenvalue weighted by molar-refractivity contribution is 0.102. The van der Waals surface area contributed by atoms with Crippen molar-refractivity contribution in [2.24, 2.45) is 0 Å². The van der Waals surface area contributed by atoms with E-state index in [0.29, 0.717) is 28.6 Å². The molecule has 3 aromatic carbocycles. The molecule has 0 unspecified atom stereocenters. The lowest BCUT2D eigenvalue weighted by Gasteiger charge is -2.09. The molecule has 0 spiro atoms. The summed E-state index contributed by atoms with van der Waals surface area (Å²) in [4.78, 5) is 17.1. The molecule has 4 aromatic rings. The summed E-state index contributed by atoms with van der Waals surface area (Å²) in [5, 5.41) is 4.26. The summed E-state index contributed by atoms with van der Waals surface area (Å²) in [7, 11) is 0. The molecular weight excluding hydrogens is 392 g/mol. The number of para-hydroxylation sites is 1. The Kier molecular flexibility index (Phi) is 5.28. The van der Waals surface area contributed by atoms with Crippen LogP contribution >= 0.6 is 22.9 Å². The topological polar surface area (TPSA) is 51.2 Å². The van der Waals surface area contributed by atoms with Crippen LogP contribution in [0, 0.1) is 0 Å². The first-order valence-corrected chi connectivity index (χ1v) is 10.0. The summed E-state index contributed by atoms with van der Waals surface area (Å²) in [6.45, 7) is 2.40. The lowest BCUT2D eigenvalue weighted by Crippen LogP contribution is -2.11. The van der Waals surface area contributed by atoms with Gasteiger partial charge in [-0.25, -0.2) is 4.98 Å². The van der Waals surface area contributed by atoms with Crippen molar-refractivity contribution >= 4 is 44.7 Å². The molecule has 0 aliphatic heterocycles. The Hall–Kier alpha value is -2.89. The van der Waals surface area contributed by atoms with Gasteiger partial charge < -0.3 is 10.1 Å². The molecule has 0 atom stereocenters. The molecule has 0 aliphatic carbocycles.